The molecular formula is C16H16F2N2O2S. The Bertz CT molecular complexity index is 683. The molecule has 0 saturated carbocycles. The summed E-state index contributed by atoms with van der Waals surface area (Å²) in [6.45, 7) is 0.119. The summed E-state index contributed by atoms with van der Waals surface area (Å²) in [6.07, 6.45) is 1.52. The predicted octanol–water partition coefficient (Wildman–Crippen LogP) is 2.77. The van der Waals surface area contributed by atoms with Gasteiger partial charge in [-0.3, -0.25) is 4.79 Å². The van der Waals surface area contributed by atoms with Crippen LogP contribution in [0.25, 0.3) is 0 Å². The van der Waals surface area contributed by atoms with Crippen LogP contribution in [-0.4, -0.2) is 28.4 Å². The highest BCUT2D eigenvalue weighted by atomic mass is 32.2. The summed E-state index contributed by atoms with van der Waals surface area (Å²) in [4.78, 5) is 16.0. The molecule has 2 rings (SSSR count). The number of rotatable bonds is 7. The normalized spacial score (nSPS) is 10.6. The Hall–Kier alpha value is -1.99. The minimum absolute atomic E-state index is 0.0671. The molecule has 0 unspecified atom stereocenters. The van der Waals surface area contributed by atoms with E-state index in [0.29, 0.717) is 22.9 Å². The molecule has 0 spiro atoms. The van der Waals surface area contributed by atoms with Gasteiger partial charge in [-0.05, 0) is 35.4 Å². The monoisotopic (exact) mass is 338 g/mol. The van der Waals surface area contributed by atoms with E-state index in [1.54, 1.807) is 24.0 Å². The summed E-state index contributed by atoms with van der Waals surface area (Å²) >= 11 is 1.57. The minimum Gasteiger partial charge on any atom is -0.396 e. The highest BCUT2D eigenvalue weighted by Gasteiger charge is 2.08. The molecule has 2 aromatic rings. The molecule has 1 aromatic carbocycles. The molecular weight excluding hydrogens is 322 g/mol. The molecule has 0 fully saturated rings. The van der Waals surface area contributed by atoms with Crippen LogP contribution >= 0.6 is 11.8 Å². The van der Waals surface area contributed by atoms with Crippen molar-refractivity contribution in [1.29, 1.82) is 0 Å². The van der Waals surface area contributed by atoms with Crippen molar-refractivity contribution in [3.63, 3.8) is 0 Å². The number of nitrogens with zero attached hydrogens (tertiary/aromatic N) is 1. The Morgan fingerprint density at radius 3 is 2.74 bits per heavy atom. The van der Waals surface area contributed by atoms with Crippen LogP contribution in [0.5, 0.6) is 0 Å². The van der Waals surface area contributed by atoms with Gasteiger partial charge >= 0.3 is 0 Å². The van der Waals surface area contributed by atoms with Gasteiger partial charge in [-0.1, -0.05) is 6.07 Å². The van der Waals surface area contributed by atoms with Crippen LogP contribution in [0.1, 0.15) is 11.1 Å². The quantitative estimate of drug-likeness (QED) is 0.762. The van der Waals surface area contributed by atoms with E-state index < -0.39 is 11.6 Å². The molecule has 23 heavy (non-hydrogen) atoms. The molecule has 0 atom stereocenters. The second-order valence-corrected chi connectivity index (χ2v) is 5.90. The zero-order chi connectivity index (χ0) is 16.7. The molecule has 4 nitrogen and oxygen atoms in total. The van der Waals surface area contributed by atoms with Crippen LogP contribution in [0.3, 0.4) is 0 Å². The number of pyridine rings is 1. The smallest absolute Gasteiger partial charge is 0.229 e. The van der Waals surface area contributed by atoms with Crippen molar-refractivity contribution in [2.75, 3.05) is 17.7 Å². The highest BCUT2D eigenvalue weighted by Crippen LogP contribution is 2.15. The molecule has 1 heterocycles. The SMILES string of the molecule is O=C(Cc1ccc(F)c(F)c1)Nc1cc(CSCCO)ccn1. The number of aromatic nitrogens is 1. The van der Waals surface area contributed by atoms with Gasteiger partial charge in [-0.15, -0.1) is 0 Å². The summed E-state index contributed by atoms with van der Waals surface area (Å²) in [5.74, 6) is -0.529. The summed E-state index contributed by atoms with van der Waals surface area (Å²) in [7, 11) is 0. The summed E-state index contributed by atoms with van der Waals surface area (Å²) < 4.78 is 26.0. The summed E-state index contributed by atoms with van der Waals surface area (Å²) in [5.41, 5.74) is 1.36. The fraction of sp³-hybridized carbons (Fsp3) is 0.250. The maximum atomic E-state index is 13.1. The van der Waals surface area contributed by atoms with Gasteiger partial charge < -0.3 is 10.4 Å². The van der Waals surface area contributed by atoms with E-state index >= 15 is 0 Å². The Labute approximate surface area is 136 Å². The molecule has 1 amide bonds. The average Bonchev–Trinajstić information content (AvgIpc) is 2.51. The summed E-state index contributed by atoms with van der Waals surface area (Å²) in [5, 5.41) is 11.4. The third-order valence-corrected chi connectivity index (χ3v) is 3.95. The van der Waals surface area contributed by atoms with Gasteiger partial charge in [0.2, 0.25) is 5.91 Å². The number of benzene rings is 1. The molecule has 122 valence electrons. The molecule has 0 aliphatic rings. The first-order chi connectivity index (χ1) is 11.1. The first-order valence-corrected chi connectivity index (χ1v) is 8.11. The Morgan fingerprint density at radius 2 is 2.00 bits per heavy atom. The van der Waals surface area contributed by atoms with E-state index in [-0.39, 0.29) is 18.9 Å². The molecule has 0 radical (unpaired) electrons. The van der Waals surface area contributed by atoms with Gasteiger partial charge in [-0.2, -0.15) is 11.8 Å². The number of halogens is 2. The van der Waals surface area contributed by atoms with Crippen molar-refractivity contribution in [2.45, 2.75) is 12.2 Å². The van der Waals surface area contributed by atoms with E-state index in [1.165, 1.54) is 6.07 Å². The molecule has 1 aromatic heterocycles. The fourth-order valence-corrected chi connectivity index (χ4v) is 2.60. The van der Waals surface area contributed by atoms with Crippen LogP contribution in [-0.2, 0) is 17.0 Å². The average molecular weight is 338 g/mol. The number of carbonyl (C=O) groups excluding carboxylic acids is 1. The molecule has 2 N–H and O–H groups in total. The lowest BCUT2D eigenvalue weighted by Crippen LogP contribution is -2.15. The van der Waals surface area contributed by atoms with Gasteiger partial charge in [-0.25, -0.2) is 13.8 Å². The number of hydrogen-bond acceptors (Lipinski definition) is 4. The molecule has 0 bridgehead atoms. The van der Waals surface area contributed by atoms with Crippen LogP contribution in [0.2, 0.25) is 0 Å². The Balaban J connectivity index is 1.94. The Kier molecular flexibility index (Phi) is 6.49. The fourth-order valence-electron chi connectivity index (χ4n) is 1.91. The largest absolute Gasteiger partial charge is 0.396 e. The van der Waals surface area contributed by atoms with Crippen molar-refractivity contribution in [2.24, 2.45) is 0 Å². The van der Waals surface area contributed by atoms with E-state index in [1.807, 2.05) is 6.07 Å². The van der Waals surface area contributed by atoms with Gasteiger partial charge in [0.25, 0.3) is 0 Å². The van der Waals surface area contributed by atoms with Gasteiger partial charge in [0.05, 0.1) is 13.0 Å². The maximum absolute atomic E-state index is 13.1. The standard InChI is InChI=1S/C16H16F2N2O2S/c17-13-2-1-11(7-14(13)18)9-16(22)20-15-8-12(3-4-19-15)10-23-6-5-21/h1-4,7-8,21H,5-6,9-10H2,(H,19,20,22). The second kappa shape index (κ2) is 8.59. The van der Waals surface area contributed by atoms with Crippen molar-refractivity contribution in [3.8, 4) is 0 Å². The molecule has 0 saturated heterocycles. The molecule has 7 heteroatoms. The number of carbonyl (C=O) groups is 1. The van der Waals surface area contributed by atoms with Gasteiger partial charge in [0.15, 0.2) is 11.6 Å². The number of thioether (sulfide) groups is 1. The lowest BCUT2D eigenvalue weighted by Gasteiger charge is -2.07. The van der Waals surface area contributed by atoms with Crippen molar-refractivity contribution >= 4 is 23.5 Å². The zero-order valence-corrected chi connectivity index (χ0v) is 13.1. The van der Waals surface area contributed by atoms with E-state index in [2.05, 4.69) is 10.3 Å². The molecule has 0 aliphatic heterocycles. The highest BCUT2D eigenvalue weighted by molar-refractivity contribution is 7.98. The second-order valence-electron chi connectivity index (χ2n) is 4.80. The van der Waals surface area contributed by atoms with E-state index in [0.717, 1.165) is 17.7 Å². The zero-order valence-electron chi connectivity index (χ0n) is 12.3. The van der Waals surface area contributed by atoms with Crippen LogP contribution < -0.4 is 5.32 Å². The van der Waals surface area contributed by atoms with Crippen LogP contribution in [0.15, 0.2) is 36.5 Å². The molecule has 0 aliphatic carbocycles. The first-order valence-electron chi connectivity index (χ1n) is 6.96. The van der Waals surface area contributed by atoms with Crippen molar-refractivity contribution in [1.82, 2.24) is 4.98 Å². The third kappa shape index (κ3) is 5.61. The number of amides is 1. The van der Waals surface area contributed by atoms with Gasteiger partial charge in [0.1, 0.15) is 5.82 Å². The topological polar surface area (TPSA) is 62.2 Å². The Morgan fingerprint density at radius 1 is 1.17 bits per heavy atom. The lowest BCUT2D eigenvalue weighted by molar-refractivity contribution is -0.115. The summed E-state index contributed by atoms with van der Waals surface area (Å²) in [6, 6.07) is 6.94. The van der Waals surface area contributed by atoms with Gasteiger partial charge in [0, 0.05) is 17.7 Å². The minimum atomic E-state index is -0.976. The van der Waals surface area contributed by atoms with Crippen LogP contribution in [0, 0.1) is 11.6 Å². The maximum Gasteiger partial charge on any atom is 0.229 e. The third-order valence-electron chi connectivity index (χ3n) is 2.94. The number of aliphatic hydroxyl groups excluding tert-OH is 1. The number of aliphatic hydroxyl groups is 1. The van der Waals surface area contributed by atoms with Crippen molar-refractivity contribution < 1.29 is 18.7 Å². The van der Waals surface area contributed by atoms with Crippen molar-refractivity contribution in [3.05, 3.63) is 59.3 Å². The number of nitrogens with one attached hydrogen (secondary N) is 1. The first kappa shape index (κ1) is 17.4. The van der Waals surface area contributed by atoms with Crippen LogP contribution in [0.4, 0.5) is 14.6 Å². The predicted molar refractivity (Wildman–Crippen MR) is 86.2 cm³/mol. The number of hydrogen-bond donors (Lipinski definition) is 2. The lowest BCUT2D eigenvalue weighted by atomic mass is 10.1. The van der Waals surface area contributed by atoms with E-state index in [4.69, 9.17) is 5.11 Å². The number of anilines is 1. The van der Waals surface area contributed by atoms with E-state index in [9.17, 15) is 13.6 Å².